The molecule has 1 amide bonds. The molecule has 1 aromatic carbocycles. The van der Waals surface area contributed by atoms with Crippen LogP contribution in [0.25, 0.3) is 0 Å². The largest absolute Gasteiger partial charge is 0.326 e. The molecule has 122 valence electrons. The van der Waals surface area contributed by atoms with Crippen molar-refractivity contribution >= 4 is 11.6 Å². The van der Waals surface area contributed by atoms with Gasteiger partial charge in [0.25, 0.3) is 0 Å². The van der Waals surface area contributed by atoms with Crippen molar-refractivity contribution in [1.82, 2.24) is 10.2 Å². The third-order valence-electron chi connectivity index (χ3n) is 4.14. The van der Waals surface area contributed by atoms with E-state index in [4.69, 9.17) is 0 Å². The second-order valence-electron chi connectivity index (χ2n) is 6.68. The average molecular weight is 303 g/mol. The van der Waals surface area contributed by atoms with Crippen LogP contribution < -0.4 is 10.6 Å². The SMILES string of the molecule is CC(C)CC(=O)Nc1ccc(CC(C)N2CCNCC2)cc1. The fraction of sp³-hybridized carbons (Fsp3) is 0.611. The van der Waals surface area contributed by atoms with Crippen LogP contribution in [0.1, 0.15) is 32.8 Å². The Hall–Kier alpha value is -1.39. The van der Waals surface area contributed by atoms with Crippen LogP contribution in [-0.4, -0.2) is 43.0 Å². The first-order chi connectivity index (χ1) is 10.5. The molecule has 22 heavy (non-hydrogen) atoms. The third-order valence-corrected chi connectivity index (χ3v) is 4.14. The van der Waals surface area contributed by atoms with Gasteiger partial charge < -0.3 is 10.6 Å². The predicted molar refractivity (Wildman–Crippen MR) is 92.1 cm³/mol. The number of rotatable bonds is 6. The molecule has 1 aromatic rings. The van der Waals surface area contributed by atoms with Crippen LogP contribution in [-0.2, 0) is 11.2 Å². The topological polar surface area (TPSA) is 44.4 Å². The number of hydrogen-bond donors (Lipinski definition) is 2. The monoisotopic (exact) mass is 303 g/mol. The van der Waals surface area contributed by atoms with Crippen molar-refractivity contribution in [2.24, 2.45) is 5.92 Å². The summed E-state index contributed by atoms with van der Waals surface area (Å²) in [6.07, 6.45) is 1.63. The van der Waals surface area contributed by atoms with Crippen molar-refractivity contribution in [3.05, 3.63) is 29.8 Å². The number of carbonyl (C=O) groups excluding carboxylic acids is 1. The maximum Gasteiger partial charge on any atom is 0.224 e. The minimum absolute atomic E-state index is 0.0944. The lowest BCUT2D eigenvalue weighted by atomic mass is 10.0. The van der Waals surface area contributed by atoms with E-state index in [1.165, 1.54) is 5.56 Å². The molecule has 0 radical (unpaired) electrons. The van der Waals surface area contributed by atoms with Crippen LogP contribution in [0.2, 0.25) is 0 Å². The summed E-state index contributed by atoms with van der Waals surface area (Å²) in [5, 5.41) is 6.35. The van der Waals surface area contributed by atoms with E-state index in [9.17, 15) is 4.79 Å². The summed E-state index contributed by atoms with van der Waals surface area (Å²) in [6, 6.07) is 8.84. The van der Waals surface area contributed by atoms with Crippen molar-refractivity contribution in [2.45, 2.75) is 39.7 Å². The summed E-state index contributed by atoms with van der Waals surface area (Å²) in [5.74, 6) is 0.482. The average Bonchev–Trinajstić information content (AvgIpc) is 2.49. The Labute approximate surface area is 134 Å². The number of piperazine rings is 1. The normalized spacial score (nSPS) is 17.5. The second kappa shape index (κ2) is 8.30. The van der Waals surface area contributed by atoms with Gasteiger partial charge in [-0.1, -0.05) is 26.0 Å². The van der Waals surface area contributed by atoms with Gasteiger partial charge in [-0.15, -0.1) is 0 Å². The van der Waals surface area contributed by atoms with E-state index >= 15 is 0 Å². The molecule has 0 bridgehead atoms. The lowest BCUT2D eigenvalue weighted by molar-refractivity contribution is -0.116. The van der Waals surface area contributed by atoms with Crippen molar-refractivity contribution in [1.29, 1.82) is 0 Å². The summed E-state index contributed by atoms with van der Waals surface area (Å²) in [5.41, 5.74) is 2.22. The Bertz CT molecular complexity index is 464. The van der Waals surface area contributed by atoms with Gasteiger partial charge in [0.15, 0.2) is 0 Å². The Morgan fingerprint density at radius 1 is 1.18 bits per heavy atom. The number of amides is 1. The maximum atomic E-state index is 11.8. The summed E-state index contributed by atoms with van der Waals surface area (Å²) < 4.78 is 0. The molecule has 1 aliphatic rings. The van der Waals surface area contributed by atoms with E-state index in [-0.39, 0.29) is 5.91 Å². The quantitative estimate of drug-likeness (QED) is 0.849. The third kappa shape index (κ3) is 5.43. The maximum absolute atomic E-state index is 11.8. The first kappa shape index (κ1) is 17.0. The molecule has 0 spiro atoms. The molecule has 0 aromatic heterocycles. The highest BCUT2D eigenvalue weighted by Gasteiger charge is 2.16. The van der Waals surface area contributed by atoms with E-state index in [0.29, 0.717) is 18.4 Å². The van der Waals surface area contributed by atoms with E-state index in [0.717, 1.165) is 38.3 Å². The highest BCUT2D eigenvalue weighted by Crippen LogP contribution is 2.14. The lowest BCUT2D eigenvalue weighted by Crippen LogP contribution is -2.48. The predicted octanol–water partition coefficient (Wildman–Crippen LogP) is 2.51. The van der Waals surface area contributed by atoms with Crippen molar-refractivity contribution in [3.8, 4) is 0 Å². The van der Waals surface area contributed by atoms with E-state index < -0.39 is 0 Å². The number of nitrogens with one attached hydrogen (secondary N) is 2. The smallest absolute Gasteiger partial charge is 0.224 e. The number of benzene rings is 1. The molecule has 4 heteroatoms. The van der Waals surface area contributed by atoms with Gasteiger partial charge in [-0.2, -0.15) is 0 Å². The molecular weight excluding hydrogens is 274 g/mol. The number of carbonyl (C=O) groups is 1. The molecule has 1 fully saturated rings. The molecule has 4 nitrogen and oxygen atoms in total. The van der Waals surface area contributed by atoms with Gasteiger partial charge in [0.05, 0.1) is 0 Å². The first-order valence-corrected chi connectivity index (χ1v) is 8.38. The zero-order chi connectivity index (χ0) is 15.9. The number of anilines is 1. The number of nitrogens with zero attached hydrogens (tertiary/aromatic N) is 1. The lowest BCUT2D eigenvalue weighted by Gasteiger charge is -2.32. The van der Waals surface area contributed by atoms with Crippen LogP contribution in [0.3, 0.4) is 0 Å². The van der Waals surface area contributed by atoms with Crippen molar-refractivity contribution < 1.29 is 4.79 Å². The van der Waals surface area contributed by atoms with Gasteiger partial charge in [-0.05, 0) is 37.0 Å². The second-order valence-corrected chi connectivity index (χ2v) is 6.68. The van der Waals surface area contributed by atoms with Crippen LogP contribution in [0.4, 0.5) is 5.69 Å². The first-order valence-electron chi connectivity index (χ1n) is 8.38. The van der Waals surface area contributed by atoms with Gasteiger partial charge in [-0.25, -0.2) is 0 Å². The Balaban J connectivity index is 1.84. The molecule has 0 aliphatic carbocycles. The molecule has 1 heterocycles. The Morgan fingerprint density at radius 2 is 1.82 bits per heavy atom. The minimum atomic E-state index is 0.0944. The molecule has 2 N–H and O–H groups in total. The van der Waals surface area contributed by atoms with E-state index in [1.54, 1.807) is 0 Å². The molecule has 1 saturated heterocycles. The fourth-order valence-electron chi connectivity index (χ4n) is 2.90. The Kier molecular flexibility index (Phi) is 6.40. The van der Waals surface area contributed by atoms with Gasteiger partial charge in [0.2, 0.25) is 5.91 Å². The fourth-order valence-corrected chi connectivity index (χ4v) is 2.90. The van der Waals surface area contributed by atoms with Crippen molar-refractivity contribution in [3.63, 3.8) is 0 Å². The standard InChI is InChI=1S/C18H29N3O/c1-14(2)12-18(22)20-17-6-4-16(5-7-17)13-15(3)21-10-8-19-9-11-21/h4-7,14-15,19H,8-13H2,1-3H3,(H,20,22). The minimum Gasteiger partial charge on any atom is -0.326 e. The molecule has 2 rings (SSSR count). The molecule has 1 atom stereocenters. The summed E-state index contributed by atoms with van der Waals surface area (Å²) in [6.45, 7) is 10.8. The summed E-state index contributed by atoms with van der Waals surface area (Å²) in [7, 11) is 0. The molecular formula is C18H29N3O. The molecule has 1 unspecified atom stereocenters. The van der Waals surface area contributed by atoms with E-state index in [1.807, 2.05) is 12.1 Å². The van der Waals surface area contributed by atoms with Gasteiger partial charge in [0.1, 0.15) is 0 Å². The summed E-state index contributed by atoms with van der Waals surface area (Å²) in [4.78, 5) is 14.3. The van der Waals surface area contributed by atoms with Gasteiger partial charge in [0, 0.05) is 44.3 Å². The van der Waals surface area contributed by atoms with Crippen molar-refractivity contribution in [2.75, 3.05) is 31.5 Å². The highest BCUT2D eigenvalue weighted by molar-refractivity contribution is 5.90. The van der Waals surface area contributed by atoms with Crippen LogP contribution in [0.15, 0.2) is 24.3 Å². The highest BCUT2D eigenvalue weighted by atomic mass is 16.1. The zero-order valence-electron chi connectivity index (χ0n) is 14.1. The van der Waals surface area contributed by atoms with Gasteiger partial charge >= 0.3 is 0 Å². The van der Waals surface area contributed by atoms with Gasteiger partial charge in [-0.3, -0.25) is 9.69 Å². The summed E-state index contributed by atoms with van der Waals surface area (Å²) >= 11 is 0. The van der Waals surface area contributed by atoms with Crippen LogP contribution >= 0.6 is 0 Å². The van der Waals surface area contributed by atoms with Crippen LogP contribution in [0.5, 0.6) is 0 Å². The zero-order valence-corrected chi connectivity index (χ0v) is 14.1. The molecule has 1 aliphatic heterocycles. The Morgan fingerprint density at radius 3 is 2.41 bits per heavy atom. The van der Waals surface area contributed by atoms with Crippen LogP contribution in [0, 0.1) is 5.92 Å². The number of hydrogen-bond acceptors (Lipinski definition) is 3. The molecule has 0 saturated carbocycles. The van der Waals surface area contributed by atoms with E-state index in [2.05, 4.69) is 48.4 Å².